The normalized spacial score (nSPS) is 13.1. The van der Waals surface area contributed by atoms with Crippen LogP contribution in [-0.4, -0.2) is 34.5 Å². The van der Waals surface area contributed by atoms with E-state index in [1.165, 1.54) is 0 Å². The summed E-state index contributed by atoms with van der Waals surface area (Å²) in [6, 6.07) is 0. The van der Waals surface area contributed by atoms with Crippen molar-refractivity contribution in [2.45, 2.75) is 52.2 Å². The van der Waals surface area contributed by atoms with Crippen LogP contribution in [0.4, 0.5) is 0 Å². The average Bonchev–Trinajstić information content (AvgIpc) is 2.79. The summed E-state index contributed by atoms with van der Waals surface area (Å²) in [6.07, 6.45) is 0.706. The van der Waals surface area contributed by atoms with E-state index in [-0.39, 0.29) is 5.04 Å². The largest absolute Gasteiger partial charge is 0.416 e. The summed E-state index contributed by atoms with van der Waals surface area (Å²) in [6.45, 7) is 13.8. The van der Waals surface area contributed by atoms with Crippen LogP contribution in [0.2, 0.25) is 18.1 Å². The summed E-state index contributed by atoms with van der Waals surface area (Å²) in [5, 5.41) is 4.77. The molecule has 5 nitrogen and oxygen atoms in total. The molecule has 0 atom stereocenters. The Morgan fingerprint density at radius 1 is 1.14 bits per heavy atom. The topological polar surface area (TPSA) is 52.3 Å². The monoisotopic (exact) mass is 448 g/mol. The first-order valence-corrected chi connectivity index (χ1v) is 11.7. The third-order valence-corrected chi connectivity index (χ3v) is 10.1. The molecule has 0 bridgehead atoms. The van der Waals surface area contributed by atoms with Crippen molar-refractivity contribution >= 4 is 45.8 Å². The zero-order valence-corrected chi connectivity index (χ0v) is 18.0. The molecule has 0 aromatic carbocycles. The number of aromatic nitrogens is 4. The molecule has 0 N–H and O–H groups in total. The van der Waals surface area contributed by atoms with Gasteiger partial charge in [-0.2, -0.15) is 5.10 Å². The van der Waals surface area contributed by atoms with Crippen LogP contribution in [0.25, 0.3) is 5.65 Å². The Bertz CT molecular complexity index is 694. The lowest BCUT2D eigenvalue weighted by molar-refractivity contribution is 0.289. The van der Waals surface area contributed by atoms with Gasteiger partial charge in [0.25, 0.3) is 0 Å². The Morgan fingerprint density at radius 2 is 1.77 bits per heavy atom. The fourth-order valence-corrected chi connectivity index (χ4v) is 3.81. The summed E-state index contributed by atoms with van der Waals surface area (Å²) >= 11 is 6.86. The van der Waals surface area contributed by atoms with Crippen molar-refractivity contribution in [1.29, 1.82) is 0 Å². The number of hydrogen-bond donors (Lipinski definition) is 0. The molecule has 0 amide bonds. The molecule has 2 aromatic rings. The molecule has 0 unspecified atom stereocenters. The minimum Gasteiger partial charge on any atom is -0.416 e. The lowest BCUT2D eigenvalue weighted by Gasteiger charge is -2.36. The molecule has 0 fully saturated rings. The molecule has 22 heavy (non-hydrogen) atoms. The second kappa shape index (κ2) is 6.30. The Balaban J connectivity index is 2.14. The maximum Gasteiger partial charge on any atom is 0.191 e. The van der Waals surface area contributed by atoms with Gasteiger partial charge in [0, 0.05) is 13.0 Å². The van der Waals surface area contributed by atoms with E-state index < -0.39 is 8.32 Å². The summed E-state index contributed by atoms with van der Waals surface area (Å²) < 4.78 is 9.45. The molecule has 0 saturated carbocycles. The first kappa shape index (κ1) is 18.0. The maximum atomic E-state index is 6.19. The van der Waals surface area contributed by atoms with Crippen molar-refractivity contribution < 1.29 is 4.43 Å². The Morgan fingerprint density at radius 3 is 2.36 bits per heavy atom. The summed E-state index contributed by atoms with van der Waals surface area (Å²) in [5.74, 6) is 0.780. The Hall–Kier alpha value is -0.313. The van der Waals surface area contributed by atoms with E-state index in [4.69, 9.17) is 4.43 Å². The summed E-state index contributed by atoms with van der Waals surface area (Å²) in [5.41, 5.74) is 1.67. The van der Waals surface area contributed by atoms with Crippen LogP contribution in [0.1, 0.15) is 32.3 Å². The number of hydrogen-bond acceptors (Lipinski definition) is 4. The van der Waals surface area contributed by atoms with Gasteiger partial charge in [0.15, 0.2) is 24.4 Å². The number of fused-ring (bicyclic) bond motifs is 1. The first-order valence-electron chi connectivity index (χ1n) is 7.24. The zero-order valence-electron chi connectivity index (χ0n) is 13.9. The molecule has 0 aliphatic carbocycles. The number of aryl methyl sites for hydroxylation is 1. The average molecular weight is 450 g/mol. The standard InChI is InChI=1S/C14H22Br2N4OSi/c1-9-11(15)18-12(16)13-17-10(19-20(9)13)7-8-21-22(5,6)14(2,3)4/h7-8H2,1-6H3. The van der Waals surface area contributed by atoms with Crippen molar-refractivity contribution in [3.8, 4) is 0 Å². The molecule has 0 aliphatic heterocycles. The van der Waals surface area contributed by atoms with Crippen molar-refractivity contribution in [2.75, 3.05) is 6.61 Å². The molecule has 2 aromatic heterocycles. The Kier molecular flexibility index (Phi) is 5.16. The van der Waals surface area contributed by atoms with Gasteiger partial charge in [-0.1, -0.05) is 20.8 Å². The molecule has 0 radical (unpaired) electrons. The highest BCUT2D eigenvalue weighted by molar-refractivity contribution is 9.11. The maximum absolute atomic E-state index is 6.19. The molecule has 0 aliphatic rings. The molecular formula is C14H22Br2N4OSi. The van der Waals surface area contributed by atoms with Gasteiger partial charge in [-0.3, -0.25) is 0 Å². The third-order valence-electron chi connectivity index (χ3n) is 4.24. The van der Waals surface area contributed by atoms with Gasteiger partial charge in [0.2, 0.25) is 0 Å². The molecule has 0 saturated heterocycles. The number of rotatable bonds is 4. The highest BCUT2D eigenvalue weighted by Gasteiger charge is 2.36. The van der Waals surface area contributed by atoms with Crippen LogP contribution < -0.4 is 0 Å². The zero-order chi connectivity index (χ0) is 16.7. The highest BCUT2D eigenvalue weighted by Crippen LogP contribution is 2.36. The van der Waals surface area contributed by atoms with Crippen LogP contribution in [0.5, 0.6) is 0 Å². The van der Waals surface area contributed by atoms with Gasteiger partial charge >= 0.3 is 0 Å². The van der Waals surface area contributed by atoms with Crippen LogP contribution in [0, 0.1) is 6.92 Å². The van der Waals surface area contributed by atoms with E-state index in [0.717, 1.165) is 21.8 Å². The van der Waals surface area contributed by atoms with Crippen molar-refractivity contribution in [3.05, 3.63) is 20.7 Å². The molecule has 2 rings (SSSR count). The minimum atomic E-state index is -1.72. The second-order valence-corrected chi connectivity index (χ2v) is 13.2. The molecule has 122 valence electrons. The van der Waals surface area contributed by atoms with Gasteiger partial charge in [0.1, 0.15) is 4.60 Å². The predicted molar refractivity (Wildman–Crippen MR) is 97.8 cm³/mol. The van der Waals surface area contributed by atoms with E-state index in [9.17, 15) is 0 Å². The smallest absolute Gasteiger partial charge is 0.191 e. The van der Waals surface area contributed by atoms with Gasteiger partial charge in [-0.15, -0.1) is 0 Å². The van der Waals surface area contributed by atoms with Gasteiger partial charge in [0.05, 0.1) is 5.69 Å². The van der Waals surface area contributed by atoms with E-state index >= 15 is 0 Å². The fraction of sp³-hybridized carbons (Fsp3) is 0.643. The lowest BCUT2D eigenvalue weighted by atomic mass is 10.2. The van der Waals surface area contributed by atoms with E-state index in [2.05, 4.69) is 80.8 Å². The fourth-order valence-electron chi connectivity index (χ4n) is 1.75. The van der Waals surface area contributed by atoms with E-state index in [1.54, 1.807) is 0 Å². The number of halogens is 2. The Labute approximate surface area is 149 Å². The van der Waals surface area contributed by atoms with Gasteiger partial charge in [-0.25, -0.2) is 14.5 Å². The SMILES string of the molecule is Cc1c(Br)nc(Br)c2nc(CCO[Si](C)(C)C(C)(C)C)nn12. The van der Waals surface area contributed by atoms with E-state index in [1.807, 2.05) is 11.4 Å². The third kappa shape index (κ3) is 3.60. The predicted octanol–water partition coefficient (Wildman–Crippen LogP) is 4.52. The van der Waals surface area contributed by atoms with Gasteiger partial charge < -0.3 is 4.43 Å². The van der Waals surface area contributed by atoms with Crippen LogP contribution >= 0.6 is 31.9 Å². The van der Waals surface area contributed by atoms with Crippen LogP contribution in [0.3, 0.4) is 0 Å². The van der Waals surface area contributed by atoms with Gasteiger partial charge in [-0.05, 0) is 56.9 Å². The minimum absolute atomic E-state index is 0.216. The molecule has 2 heterocycles. The molecule has 8 heteroatoms. The van der Waals surface area contributed by atoms with Crippen LogP contribution in [0.15, 0.2) is 9.21 Å². The molecule has 0 spiro atoms. The second-order valence-electron chi connectivity index (χ2n) is 6.90. The van der Waals surface area contributed by atoms with Crippen LogP contribution in [-0.2, 0) is 10.8 Å². The van der Waals surface area contributed by atoms with Crippen molar-refractivity contribution in [3.63, 3.8) is 0 Å². The quantitative estimate of drug-likeness (QED) is 0.643. The summed E-state index contributed by atoms with van der Waals surface area (Å²) in [7, 11) is -1.72. The van der Waals surface area contributed by atoms with Crippen molar-refractivity contribution in [1.82, 2.24) is 19.6 Å². The lowest BCUT2D eigenvalue weighted by Crippen LogP contribution is -2.41. The number of nitrogens with zero attached hydrogens (tertiary/aromatic N) is 4. The highest BCUT2D eigenvalue weighted by atomic mass is 79.9. The molecular weight excluding hydrogens is 428 g/mol. The summed E-state index contributed by atoms with van der Waals surface area (Å²) in [4.78, 5) is 8.91. The first-order chi connectivity index (χ1) is 10.0. The van der Waals surface area contributed by atoms with Crippen molar-refractivity contribution in [2.24, 2.45) is 0 Å². The van der Waals surface area contributed by atoms with E-state index in [0.29, 0.717) is 17.6 Å².